The van der Waals surface area contributed by atoms with E-state index in [-0.39, 0.29) is 50.5 Å². The van der Waals surface area contributed by atoms with E-state index in [0.717, 1.165) is 5.69 Å². The van der Waals surface area contributed by atoms with Gasteiger partial charge >= 0.3 is 16.5 Å². The summed E-state index contributed by atoms with van der Waals surface area (Å²) < 4.78 is 0. The molecule has 174 valence electrons. The largest absolute Gasteiger partial charge is 2.00 e. The predicted molar refractivity (Wildman–Crippen MR) is 123 cm³/mol. The molecular weight excluding hydrogens is 559 g/mol. The second-order valence-corrected chi connectivity index (χ2v) is 8.78. The average Bonchev–Trinajstić information content (AvgIpc) is 2.64. The average molecular weight is 595 g/mol. The van der Waals surface area contributed by atoms with Gasteiger partial charge in [0.2, 0.25) is 0 Å². The maximum absolute atomic E-state index is 4.56. The molecule has 0 spiro atoms. The Balaban J connectivity index is 0. The maximum atomic E-state index is 4.56. The van der Waals surface area contributed by atoms with Crippen LogP contribution in [0.4, 0.5) is 5.69 Å². The van der Waals surface area contributed by atoms with Gasteiger partial charge in [-0.25, -0.2) is 0 Å². The fraction of sp³-hybridized carbons (Fsp3) is 0.462. The smallest absolute Gasteiger partial charge is 1.00 e. The molecule has 5 heteroatoms. The second-order valence-electron chi connectivity index (χ2n) is 8.78. The summed E-state index contributed by atoms with van der Waals surface area (Å²) in [5.41, 5.74) is 7.71. The van der Waals surface area contributed by atoms with Crippen LogP contribution in [-0.2, 0) is 16.5 Å². The molecule has 0 aliphatic heterocycles. The molecule has 0 unspecified atom stereocenters. The predicted octanol–water partition coefficient (Wildman–Crippen LogP) is 2.94. The van der Waals surface area contributed by atoms with Crippen LogP contribution in [0.5, 0.6) is 0 Å². The van der Waals surface area contributed by atoms with Crippen molar-refractivity contribution < 1.29 is 50.5 Å². The van der Waals surface area contributed by atoms with E-state index in [1.54, 1.807) is 0 Å². The van der Waals surface area contributed by atoms with E-state index in [1.807, 2.05) is 6.20 Å². The number of rotatable bonds is 7. The van der Waals surface area contributed by atoms with E-state index < -0.39 is 0 Å². The summed E-state index contributed by atoms with van der Waals surface area (Å²) in [5.74, 6) is 1.90. The zero-order valence-corrected chi connectivity index (χ0v) is 24.1. The third-order valence-corrected chi connectivity index (χ3v) is 5.18. The molecule has 0 N–H and O–H groups in total. The first-order valence-corrected chi connectivity index (χ1v) is 10.6. The number of hydrogen-bond donors (Lipinski definition) is 0. The van der Waals surface area contributed by atoms with Crippen molar-refractivity contribution in [3.05, 3.63) is 70.4 Å². The summed E-state index contributed by atoms with van der Waals surface area (Å²) in [5, 5.41) is 8.96. The number of nitrogens with zero attached hydrogens (tertiary/aromatic N) is 2. The maximum Gasteiger partial charge on any atom is 2.00 e. The molecule has 31 heavy (non-hydrogen) atoms. The number of benzene rings is 2. The molecule has 0 aliphatic carbocycles. The van der Waals surface area contributed by atoms with E-state index in [9.17, 15) is 0 Å². The van der Waals surface area contributed by atoms with Gasteiger partial charge in [0.25, 0.3) is 0 Å². The fourth-order valence-electron chi connectivity index (χ4n) is 3.92. The van der Waals surface area contributed by atoms with E-state index in [2.05, 4.69) is 108 Å². The van der Waals surface area contributed by atoms with Crippen LogP contribution in [0.3, 0.4) is 0 Å². The first kappa shape index (κ1) is 32.4. The minimum Gasteiger partial charge on any atom is -1.00 e. The van der Waals surface area contributed by atoms with Crippen molar-refractivity contribution in [2.45, 2.75) is 79.1 Å². The van der Waals surface area contributed by atoms with Gasteiger partial charge in [-0.2, -0.15) is 10.2 Å². The molecule has 2 rings (SSSR count). The van der Waals surface area contributed by atoms with Crippen molar-refractivity contribution in [2.24, 2.45) is 10.2 Å². The Morgan fingerprint density at radius 1 is 0.645 bits per heavy atom. The second kappa shape index (κ2) is 15.1. The molecule has 2 nitrogen and oxygen atoms in total. The Kier molecular flexibility index (Phi) is 15.8. The molecule has 0 saturated carbocycles. The Bertz CT molecular complexity index is 785. The first-order chi connectivity index (χ1) is 13.2. The van der Waals surface area contributed by atoms with Gasteiger partial charge in [-0.05, 0) is 63.6 Å². The Hall–Kier alpha value is -0.766. The normalized spacial score (nSPS) is 11.4. The molecule has 0 bridgehead atoms. The molecular formula is C26H36Br2N2Ni. The van der Waals surface area contributed by atoms with Crippen LogP contribution in [0.1, 0.15) is 107 Å². The van der Waals surface area contributed by atoms with E-state index in [4.69, 9.17) is 0 Å². The Morgan fingerprint density at radius 2 is 1.13 bits per heavy atom. The van der Waals surface area contributed by atoms with Crippen LogP contribution >= 0.6 is 0 Å². The molecule has 0 amide bonds. The Morgan fingerprint density at radius 3 is 1.61 bits per heavy atom. The summed E-state index contributed by atoms with van der Waals surface area (Å²) in [6, 6.07) is 12.9. The summed E-state index contributed by atoms with van der Waals surface area (Å²) in [6.07, 6.45) is 3.92. The molecule has 2 aromatic rings. The van der Waals surface area contributed by atoms with Crippen molar-refractivity contribution in [3.63, 3.8) is 0 Å². The molecule has 0 saturated heterocycles. The van der Waals surface area contributed by atoms with Gasteiger partial charge in [-0.15, -0.1) is 0 Å². The van der Waals surface area contributed by atoms with Crippen molar-refractivity contribution in [3.8, 4) is 0 Å². The van der Waals surface area contributed by atoms with Gasteiger partial charge in [0.05, 0.1) is 11.9 Å². The van der Waals surface area contributed by atoms with E-state index in [1.165, 1.54) is 27.8 Å². The zero-order valence-electron chi connectivity index (χ0n) is 19.9. The summed E-state index contributed by atoms with van der Waals surface area (Å²) in [4.78, 5) is 0. The Labute approximate surface area is 220 Å². The van der Waals surface area contributed by atoms with Crippen LogP contribution in [-0.4, -0.2) is 0 Å². The number of hydrogen-bond acceptors (Lipinski definition) is 2. The zero-order chi connectivity index (χ0) is 20.8. The number of azo groups is 1. The molecule has 2 aromatic carbocycles. The van der Waals surface area contributed by atoms with Crippen LogP contribution in [0, 0.1) is 0 Å². The van der Waals surface area contributed by atoms with Crippen molar-refractivity contribution in [1.29, 1.82) is 0 Å². The van der Waals surface area contributed by atoms with Crippen LogP contribution in [0.2, 0.25) is 0 Å². The monoisotopic (exact) mass is 592 g/mol. The van der Waals surface area contributed by atoms with Gasteiger partial charge < -0.3 is 34.0 Å². The van der Waals surface area contributed by atoms with Crippen molar-refractivity contribution >= 4 is 11.8 Å². The molecule has 0 atom stereocenters. The quantitative estimate of drug-likeness (QED) is 0.348. The van der Waals surface area contributed by atoms with Gasteiger partial charge in [-0.3, -0.25) is 0 Å². The molecule has 0 fully saturated rings. The summed E-state index contributed by atoms with van der Waals surface area (Å²) in [7, 11) is 0. The van der Waals surface area contributed by atoms with Crippen LogP contribution < -0.4 is 34.0 Å². The van der Waals surface area contributed by atoms with Crippen LogP contribution in [0.25, 0.3) is 6.08 Å². The number of halogens is 2. The topological polar surface area (TPSA) is 24.7 Å². The molecule has 0 aliphatic rings. The molecule has 0 heterocycles. The van der Waals surface area contributed by atoms with Gasteiger partial charge in [-0.1, -0.05) is 85.7 Å². The minimum absolute atomic E-state index is 0. The minimum atomic E-state index is 0. The van der Waals surface area contributed by atoms with Crippen molar-refractivity contribution in [2.75, 3.05) is 0 Å². The van der Waals surface area contributed by atoms with Crippen molar-refractivity contribution in [1.82, 2.24) is 0 Å². The van der Waals surface area contributed by atoms with E-state index in [0.29, 0.717) is 23.7 Å². The van der Waals surface area contributed by atoms with Gasteiger partial charge in [0.1, 0.15) is 0 Å². The SMILES string of the molecule is CC(C)c1cccc(C=CN=Nc2cccc(C(C)C)c2C(C)C)c1C(C)C.[Br-].[Br-].[Ni+2]. The fourth-order valence-corrected chi connectivity index (χ4v) is 3.92. The van der Waals surface area contributed by atoms with Crippen LogP contribution in [0.15, 0.2) is 52.8 Å². The van der Waals surface area contributed by atoms with Gasteiger partial charge in [0.15, 0.2) is 0 Å². The van der Waals surface area contributed by atoms with E-state index >= 15 is 0 Å². The molecule has 0 aromatic heterocycles. The standard InChI is InChI=1S/C26H36N2.2BrH.Ni/c1-17(2)22-12-9-11-21(25(22)19(5)6)15-16-27-28-24-14-10-13-23(18(3)4)26(24)20(7)8;;;/h9-20H,1-8H3;2*1H;/q;;;+2/p-2. The first-order valence-electron chi connectivity index (χ1n) is 10.6. The molecule has 0 radical (unpaired) electrons. The summed E-state index contributed by atoms with van der Waals surface area (Å²) in [6.45, 7) is 17.9. The summed E-state index contributed by atoms with van der Waals surface area (Å²) >= 11 is 0. The third-order valence-electron chi connectivity index (χ3n) is 5.18. The third kappa shape index (κ3) is 8.59. The van der Waals surface area contributed by atoms with Gasteiger partial charge in [0, 0.05) is 0 Å².